The van der Waals surface area contributed by atoms with Crippen LogP contribution in [0, 0.1) is 0 Å². The van der Waals surface area contributed by atoms with Gasteiger partial charge >= 0.3 is 6.03 Å². The number of hydrogen-bond acceptors (Lipinski definition) is 3. The van der Waals surface area contributed by atoms with Gasteiger partial charge in [-0.2, -0.15) is 0 Å². The minimum Gasteiger partial charge on any atom is -0.493 e. The first kappa shape index (κ1) is 15.6. The molecular weight excluding hydrogens is 266 g/mol. The molecule has 0 aliphatic carbocycles. The van der Waals surface area contributed by atoms with Crippen LogP contribution in [0.5, 0.6) is 5.75 Å². The Labute approximate surface area is 126 Å². The monoisotopic (exact) mass is 291 g/mol. The summed E-state index contributed by atoms with van der Waals surface area (Å²) in [5.74, 6) is 1.02. The molecule has 0 spiro atoms. The average Bonchev–Trinajstić information content (AvgIpc) is 2.94. The van der Waals surface area contributed by atoms with Crippen LogP contribution in [0.2, 0.25) is 0 Å². The van der Waals surface area contributed by atoms with Crippen molar-refractivity contribution < 1.29 is 9.53 Å². The van der Waals surface area contributed by atoms with E-state index in [1.807, 2.05) is 0 Å². The van der Waals surface area contributed by atoms with Crippen molar-refractivity contribution in [2.24, 2.45) is 0 Å². The number of rotatable bonds is 6. The Morgan fingerprint density at radius 1 is 1.38 bits per heavy atom. The van der Waals surface area contributed by atoms with Crippen LogP contribution >= 0.6 is 0 Å². The molecule has 0 fully saturated rings. The second kappa shape index (κ2) is 7.31. The summed E-state index contributed by atoms with van der Waals surface area (Å²) in [4.78, 5) is 13.0. The van der Waals surface area contributed by atoms with E-state index in [9.17, 15) is 4.79 Å². The van der Waals surface area contributed by atoms with Crippen molar-refractivity contribution in [3.63, 3.8) is 0 Å². The lowest BCUT2D eigenvalue weighted by Gasteiger charge is -2.19. The molecular formula is C16H25N3O2. The Bertz CT molecular complexity index is 488. The molecule has 1 aromatic rings. The van der Waals surface area contributed by atoms with Crippen LogP contribution in [0.4, 0.5) is 4.79 Å². The molecule has 1 aromatic carbocycles. The molecule has 2 rings (SSSR count). The fraction of sp³-hybridized carbons (Fsp3) is 0.562. The van der Waals surface area contributed by atoms with Crippen LogP contribution in [0.1, 0.15) is 30.5 Å². The average molecular weight is 291 g/mol. The molecule has 1 aliphatic rings. The highest BCUT2D eigenvalue weighted by Crippen LogP contribution is 2.28. The lowest BCUT2D eigenvalue weighted by Crippen LogP contribution is -2.39. The number of hydrogen-bond donors (Lipinski definition) is 2. The van der Waals surface area contributed by atoms with Gasteiger partial charge in [0.05, 0.1) is 6.61 Å². The minimum absolute atomic E-state index is 0.0560. The molecule has 21 heavy (non-hydrogen) atoms. The fourth-order valence-electron chi connectivity index (χ4n) is 2.50. The third-order valence-corrected chi connectivity index (χ3v) is 3.72. The molecule has 1 unspecified atom stereocenters. The molecule has 0 radical (unpaired) electrons. The van der Waals surface area contributed by atoms with Crippen LogP contribution in [0.25, 0.3) is 0 Å². The number of carbonyl (C=O) groups is 1. The number of urea groups is 1. The Hall–Kier alpha value is -1.75. The molecule has 5 nitrogen and oxygen atoms in total. The van der Waals surface area contributed by atoms with Crippen LogP contribution in [-0.2, 0) is 6.42 Å². The van der Waals surface area contributed by atoms with Gasteiger partial charge in [0.25, 0.3) is 0 Å². The van der Waals surface area contributed by atoms with E-state index in [4.69, 9.17) is 4.74 Å². The largest absolute Gasteiger partial charge is 0.493 e. The maximum atomic E-state index is 11.4. The number of nitrogens with zero attached hydrogens (tertiary/aromatic N) is 1. The van der Waals surface area contributed by atoms with Gasteiger partial charge in [-0.15, -0.1) is 0 Å². The number of amides is 2. The van der Waals surface area contributed by atoms with Crippen molar-refractivity contribution in [2.75, 3.05) is 33.8 Å². The summed E-state index contributed by atoms with van der Waals surface area (Å²) in [6.45, 7) is 4.34. The van der Waals surface area contributed by atoms with E-state index >= 15 is 0 Å². The summed E-state index contributed by atoms with van der Waals surface area (Å²) < 4.78 is 5.54. The van der Waals surface area contributed by atoms with Gasteiger partial charge < -0.3 is 20.3 Å². The summed E-state index contributed by atoms with van der Waals surface area (Å²) in [6, 6.07) is 6.69. The maximum Gasteiger partial charge on any atom is 0.316 e. The first-order valence-corrected chi connectivity index (χ1v) is 7.56. The summed E-state index contributed by atoms with van der Waals surface area (Å²) in [6.07, 6.45) is 2.01. The highest BCUT2D eigenvalue weighted by Gasteiger charge is 2.15. The zero-order chi connectivity index (χ0) is 15.2. The third-order valence-electron chi connectivity index (χ3n) is 3.72. The lowest BCUT2D eigenvalue weighted by molar-refractivity contribution is 0.217. The minimum atomic E-state index is -0.0560. The lowest BCUT2D eigenvalue weighted by atomic mass is 10.0. The predicted octanol–water partition coefficient (Wildman–Crippen LogP) is 1.93. The number of benzene rings is 1. The Morgan fingerprint density at radius 3 is 2.90 bits per heavy atom. The van der Waals surface area contributed by atoms with E-state index in [0.29, 0.717) is 12.6 Å². The Morgan fingerprint density at radius 2 is 2.19 bits per heavy atom. The van der Waals surface area contributed by atoms with E-state index in [0.717, 1.165) is 31.7 Å². The van der Waals surface area contributed by atoms with Gasteiger partial charge in [-0.3, -0.25) is 0 Å². The van der Waals surface area contributed by atoms with Gasteiger partial charge in [0.15, 0.2) is 0 Å². The van der Waals surface area contributed by atoms with E-state index in [2.05, 4.69) is 35.8 Å². The van der Waals surface area contributed by atoms with Gasteiger partial charge in [-0.25, -0.2) is 4.79 Å². The van der Waals surface area contributed by atoms with Crippen LogP contribution in [0.15, 0.2) is 18.2 Å². The quantitative estimate of drug-likeness (QED) is 0.788. The molecule has 0 saturated carbocycles. The summed E-state index contributed by atoms with van der Waals surface area (Å²) in [5.41, 5.74) is 2.59. The molecule has 1 atom stereocenters. The summed E-state index contributed by atoms with van der Waals surface area (Å²) in [5, 5.41) is 6.36. The Balaban J connectivity index is 1.84. The van der Waals surface area contributed by atoms with Crippen molar-refractivity contribution in [1.29, 1.82) is 0 Å². The molecule has 0 aromatic heterocycles. The zero-order valence-corrected chi connectivity index (χ0v) is 13.1. The number of ether oxygens (including phenoxy) is 1. The molecule has 116 valence electrons. The van der Waals surface area contributed by atoms with Crippen molar-refractivity contribution in [1.82, 2.24) is 15.5 Å². The van der Waals surface area contributed by atoms with E-state index in [-0.39, 0.29) is 6.03 Å². The summed E-state index contributed by atoms with van der Waals surface area (Å²) >= 11 is 0. The second-order valence-electron chi connectivity index (χ2n) is 5.51. The van der Waals surface area contributed by atoms with Crippen LogP contribution in [0.3, 0.4) is 0 Å². The standard InChI is InChI=1S/C16H25N3O2/c1-4-14(17-8-9-18-16(20)19(2)3)12-5-6-15-13(11-12)7-10-21-15/h5-6,11,14,17H,4,7-10H2,1-3H3,(H,18,20). The van der Waals surface area contributed by atoms with E-state index < -0.39 is 0 Å². The number of carbonyl (C=O) groups excluding carboxylic acids is 1. The smallest absolute Gasteiger partial charge is 0.316 e. The van der Waals surface area contributed by atoms with E-state index in [1.165, 1.54) is 16.0 Å². The highest BCUT2D eigenvalue weighted by molar-refractivity contribution is 5.73. The van der Waals surface area contributed by atoms with Gasteiger partial charge in [-0.05, 0) is 23.6 Å². The van der Waals surface area contributed by atoms with E-state index in [1.54, 1.807) is 14.1 Å². The molecule has 0 saturated heterocycles. The SMILES string of the molecule is CCC(NCCNC(=O)N(C)C)c1ccc2c(c1)CCO2. The number of nitrogens with one attached hydrogen (secondary N) is 2. The molecule has 5 heteroatoms. The molecule has 2 N–H and O–H groups in total. The molecule has 1 heterocycles. The zero-order valence-electron chi connectivity index (χ0n) is 13.1. The predicted molar refractivity (Wildman–Crippen MR) is 83.8 cm³/mol. The van der Waals surface area contributed by atoms with Crippen molar-refractivity contribution in [3.05, 3.63) is 29.3 Å². The first-order chi connectivity index (χ1) is 10.1. The topological polar surface area (TPSA) is 53.6 Å². The fourth-order valence-corrected chi connectivity index (χ4v) is 2.50. The molecule has 0 bridgehead atoms. The summed E-state index contributed by atoms with van der Waals surface area (Å²) in [7, 11) is 3.48. The highest BCUT2D eigenvalue weighted by atomic mass is 16.5. The first-order valence-electron chi connectivity index (χ1n) is 7.56. The van der Waals surface area contributed by atoms with Gasteiger partial charge in [0, 0.05) is 39.6 Å². The Kier molecular flexibility index (Phi) is 5.44. The van der Waals surface area contributed by atoms with Gasteiger partial charge in [0.1, 0.15) is 5.75 Å². The normalized spacial score (nSPS) is 14.2. The number of fused-ring (bicyclic) bond motifs is 1. The van der Waals surface area contributed by atoms with Crippen molar-refractivity contribution in [3.8, 4) is 5.75 Å². The van der Waals surface area contributed by atoms with Crippen molar-refractivity contribution >= 4 is 6.03 Å². The maximum absolute atomic E-state index is 11.4. The molecule has 1 aliphatic heterocycles. The van der Waals surface area contributed by atoms with Crippen LogP contribution in [-0.4, -0.2) is 44.7 Å². The van der Waals surface area contributed by atoms with Gasteiger partial charge in [-0.1, -0.05) is 19.1 Å². The van der Waals surface area contributed by atoms with Crippen molar-refractivity contribution in [2.45, 2.75) is 25.8 Å². The molecule has 2 amide bonds. The third kappa shape index (κ3) is 4.11. The van der Waals surface area contributed by atoms with Crippen LogP contribution < -0.4 is 15.4 Å². The second-order valence-corrected chi connectivity index (χ2v) is 5.51. The van der Waals surface area contributed by atoms with Gasteiger partial charge in [0.2, 0.25) is 0 Å².